The Hall–Kier alpha value is -3.49. The molecule has 25 heavy (non-hydrogen) atoms. The van der Waals surface area contributed by atoms with Crippen LogP contribution in [-0.2, 0) is 4.74 Å². The molecule has 0 radical (unpaired) electrons. The lowest BCUT2D eigenvalue weighted by molar-refractivity contribution is -0.384. The predicted molar refractivity (Wildman–Crippen MR) is 87.8 cm³/mol. The van der Waals surface area contributed by atoms with Gasteiger partial charge in [-0.25, -0.2) is 9.97 Å². The maximum Gasteiger partial charge on any atom is 0.340 e. The van der Waals surface area contributed by atoms with Crippen molar-refractivity contribution in [3.05, 3.63) is 52.4 Å². The molecular formula is C16H14N4O5. The molecule has 3 N–H and O–H groups in total. The second-order valence-electron chi connectivity index (χ2n) is 5.38. The van der Waals surface area contributed by atoms with Crippen molar-refractivity contribution >= 4 is 17.3 Å². The van der Waals surface area contributed by atoms with Crippen LogP contribution in [0.25, 0.3) is 11.4 Å². The van der Waals surface area contributed by atoms with E-state index in [4.69, 9.17) is 10.5 Å². The number of allylic oxidation sites excluding steroid dienone is 1. The molecule has 128 valence electrons. The first-order chi connectivity index (χ1) is 12.0. The van der Waals surface area contributed by atoms with Gasteiger partial charge in [-0.15, -0.1) is 0 Å². The van der Waals surface area contributed by atoms with Crippen molar-refractivity contribution in [1.29, 1.82) is 0 Å². The van der Waals surface area contributed by atoms with Crippen LogP contribution in [-0.4, -0.2) is 31.9 Å². The van der Waals surface area contributed by atoms with Crippen LogP contribution in [0.3, 0.4) is 0 Å². The number of aromatic hydroxyl groups is 1. The highest BCUT2D eigenvalue weighted by Gasteiger charge is 2.33. The number of nitrogens with zero attached hydrogens (tertiary/aromatic N) is 3. The smallest absolute Gasteiger partial charge is 0.340 e. The Morgan fingerprint density at radius 2 is 2.20 bits per heavy atom. The average Bonchev–Trinajstić information content (AvgIpc) is 2.60. The minimum atomic E-state index is -0.866. The molecule has 0 saturated carbocycles. The van der Waals surface area contributed by atoms with Crippen LogP contribution < -0.4 is 5.73 Å². The first kappa shape index (κ1) is 16.4. The summed E-state index contributed by atoms with van der Waals surface area (Å²) in [4.78, 5) is 31.2. The maximum absolute atomic E-state index is 12.7. The van der Waals surface area contributed by atoms with E-state index in [2.05, 4.69) is 9.97 Å². The van der Waals surface area contributed by atoms with Crippen LogP contribution in [0.15, 0.2) is 36.6 Å². The normalized spacial score (nSPS) is 16.2. The number of phenols is 1. The van der Waals surface area contributed by atoms with E-state index in [9.17, 15) is 20.0 Å². The molecule has 9 nitrogen and oxygen atoms in total. The number of Topliss-reactive ketones (excluding diaryl/α,β-unsaturated/α-hetero) is 1. The fraction of sp³-hybridized carbons (Fsp3) is 0.188. The molecule has 0 bridgehead atoms. The van der Waals surface area contributed by atoms with Crippen LogP contribution >= 0.6 is 0 Å². The molecular weight excluding hydrogens is 328 g/mol. The Morgan fingerprint density at radius 3 is 2.84 bits per heavy atom. The van der Waals surface area contributed by atoms with Gasteiger partial charge in [0, 0.05) is 5.56 Å². The molecule has 0 amide bonds. The van der Waals surface area contributed by atoms with Crippen molar-refractivity contribution < 1.29 is 19.6 Å². The van der Waals surface area contributed by atoms with Gasteiger partial charge in [-0.3, -0.25) is 14.9 Å². The molecule has 1 aliphatic rings. The Morgan fingerprint density at radius 1 is 1.40 bits per heavy atom. The summed E-state index contributed by atoms with van der Waals surface area (Å²) in [5.41, 5.74) is 5.03. The molecule has 0 fully saturated rings. The number of rotatable bonds is 4. The Labute approximate surface area is 141 Å². The number of anilines is 1. The second kappa shape index (κ2) is 6.56. The summed E-state index contributed by atoms with van der Waals surface area (Å²) in [6, 6.07) is 5.97. The van der Waals surface area contributed by atoms with E-state index in [-0.39, 0.29) is 11.6 Å². The van der Waals surface area contributed by atoms with Crippen molar-refractivity contribution in [3.63, 3.8) is 0 Å². The third-order valence-electron chi connectivity index (χ3n) is 3.66. The zero-order chi connectivity index (χ0) is 18.0. The molecule has 2 aromatic rings. The molecule has 1 aromatic heterocycles. The molecule has 0 aliphatic carbocycles. The number of aromatic nitrogens is 2. The molecule has 9 heteroatoms. The van der Waals surface area contributed by atoms with Crippen molar-refractivity contribution in [2.45, 2.75) is 18.9 Å². The van der Waals surface area contributed by atoms with E-state index in [1.807, 2.05) is 0 Å². The summed E-state index contributed by atoms with van der Waals surface area (Å²) >= 11 is 0. The minimum absolute atomic E-state index is 0.00806. The van der Waals surface area contributed by atoms with Crippen LogP contribution in [0.5, 0.6) is 5.75 Å². The molecule has 1 unspecified atom stereocenters. The van der Waals surface area contributed by atoms with Gasteiger partial charge in [0.05, 0.1) is 11.2 Å². The minimum Gasteiger partial charge on any atom is -0.508 e. The fourth-order valence-electron chi connectivity index (χ4n) is 2.48. The number of ketones is 1. The summed E-state index contributed by atoms with van der Waals surface area (Å²) in [5, 5.41) is 20.9. The van der Waals surface area contributed by atoms with E-state index in [0.29, 0.717) is 18.4 Å². The van der Waals surface area contributed by atoms with E-state index in [1.165, 1.54) is 18.4 Å². The molecule has 0 spiro atoms. The molecule has 1 aromatic carbocycles. The number of ether oxygens (including phenoxy) is 1. The lowest BCUT2D eigenvalue weighted by Gasteiger charge is -2.18. The standard InChI is InChI=1S/C16H14N4O5/c17-15-13(20(23)24)12(14(22)11-6-1-2-7-25-11)18-16(19-15)9-4-3-5-10(21)8-9/h2-5,7-8,11,21H,1,6H2,(H2,17,18,19). The van der Waals surface area contributed by atoms with Crippen LogP contribution in [0.2, 0.25) is 0 Å². The summed E-state index contributed by atoms with van der Waals surface area (Å²) in [6.45, 7) is 0. The molecule has 0 saturated heterocycles. The number of benzene rings is 1. The van der Waals surface area contributed by atoms with Crippen LogP contribution in [0.4, 0.5) is 11.5 Å². The summed E-state index contributed by atoms with van der Waals surface area (Å²) < 4.78 is 5.24. The fourth-order valence-corrected chi connectivity index (χ4v) is 2.48. The van der Waals surface area contributed by atoms with Gasteiger partial charge in [0.1, 0.15) is 5.75 Å². The van der Waals surface area contributed by atoms with Gasteiger partial charge in [-0.2, -0.15) is 0 Å². The molecule has 2 heterocycles. The Balaban J connectivity index is 2.12. The van der Waals surface area contributed by atoms with Gasteiger partial charge in [-0.1, -0.05) is 12.1 Å². The summed E-state index contributed by atoms with van der Waals surface area (Å²) in [6.07, 6.45) is 3.28. The summed E-state index contributed by atoms with van der Waals surface area (Å²) in [5.74, 6) is -1.08. The van der Waals surface area contributed by atoms with Gasteiger partial charge < -0.3 is 15.6 Å². The van der Waals surface area contributed by atoms with Crippen molar-refractivity contribution in [3.8, 4) is 17.1 Å². The van der Waals surface area contributed by atoms with E-state index < -0.39 is 34.0 Å². The second-order valence-corrected chi connectivity index (χ2v) is 5.38. The summed E-state index contributed by atoms with van der Waals surface area (Å²) in [7, 11) is 0. The maximum atomic E-state index is 12.7. The lowest BCUT2D eigenvalue weighted by Crippen LogP contribution is -2.26. The highest BCUT2D eigenvalue weighted by Crippen LogP contribution is 2.30. The third kappa shape index (κ3) is 3.25. The SMILES string of the molecule is Nc1nc(-c2cccc(O)c2)nc(C(=O)C2CCC=CO2)c1[N+](=O)[O-]. The third-order valence-corrected chi connectivity index (χ3v) is 3.66. The highest BCUT2D eigenvalue weighted by molar-refractivity contribution is 6.03. The van der Waals surface area contributed by atoms with Crippen LogP contribution in [0, 0.1) is 10.1 Å². The largest absolute Gasteiger partial charge is 0.508 e. The zero-order valence-corrected chi connectivity index (χ0v) is 13.0. The van der Waals surface area contributed by atoms with Gasteiger partial charge in [0.15, 0.2) is 17.6 Å². The van der Waals surface area contributed by atoms with Gasteiger partial charge in [-0.05, 0) is 31.1 Å². The van der Waals surface area contributed by atoms with Crippen molar-refractivity contribution in [2.24, 2.45) is 0 Å². The number of nitrogen functional groups attached to an aromatic ring is 1. The predicted octanol–water partition coefficient (Wildman–Crippen LogP) is 2.21. The molecule has 3 rings (SSSR count). The van der Waals surface area contributed by atoms with E-state index in [0.717, 1.165) is 0 Å². The first-order valence-corrected chi connectivity index (χ1v) is 7.43. The zero-order valence-electron chi connectivity index (χ0n) is 13.0. The van der Waals surface area contributed by atoms with E-state index >= 15 is 0 Å². The van der Waals surface area contributed by atoms with Gasteiger partial charge in [0.25, 0.3) is 0 Å². The first-order valence-electron chi connectivity index (χ1n) is 7.43. The topological polar surface area (TPSA) is 141 Å². The monoisotopic (exact) mass is 342 g/mol. The lowest BCUT2D eigenvalue weighted by atomic mass is 10.0. The van der Waals surface area contributed by atoms with Gasteiger partial charge >= 0.3 is 5.69 Å². The van der Waals surface area contributed by atoms with Crippen LogP contribution in [0.1, 0.15) is 23.3 Å². The number of nitro groups is 1. The number of carbonyl (C=O) groups excluding carboxylic acids is 1. The van der Waals surface area contributed by atoms with Crippen molar-refractivity contribution in [2.75, 3.05) is 5.73 Å². The van der Waals surface area contributed by atoms with Crippen molar-refractivity contribution in [1.82, 2.24) is 9.97 Å². The Bertz CT molecular complexity index is 881. The quantitative estimate of drug-likeness (QED) is 0.489. The molecule has 1 aliphatic heterocycles. The average molecular weight is 342 g/mol. The number of carbonyl (C=O) groups is 1. The molecule has 1 atom stereocenters. The van der Waals surface area contributed by atoms with Gasteiger partial charge in [0.2, 0.25) is 11.6 Å². The number of phenolic OH excluding ortho intramolecular Hbond substituents is 1. The number of nitrogens with two attached hydrogens (primary N) is 1. The highest BCUT2D eigenvalue weighted by atomic mass is 16.6. The Kier molecular flexibility index (Phi) is 4.29. The van der Waals surface area contributed by atoms with E-state index in [1.54, 1.807) is 18.2 Å². The number of hydrogen-bond donors (Lipinski definition) is 2. The number of hydrogen-bond acceptors (Lipinski definition) is 8.